The third kappa shape index (κ3) is 4.08. The Morgan fingerprint density at radius 1 is 1.03 bits per heavy atom. The summed E-state index contributed by atoms with van der Waals surface area (Å²) in [6, 6.07) is 5.12. The zero-order chi connectivity index (χ0) is 22.4. The van der Waals surface area contributed by atoms with Gasteiger partial charge in [0, 0.05) is 36.9 Å². The van der Waals surface area contributed by atoms with Crippen LogP contribution in [0.3, 0.4) is 0 Å². The lowest BCUT2D eigenvalue weighted by atomic mass is 9.96. The van der Waals surface area contributed by atoms with Crippen LogP contribution in [-0.4, -0.2) is 31.4 Å². The Morgan fingerprint density at radius 3 is 2.59 bits per heavy atom. The van der Waals surface area contributed by atoms with Gasteiger partial charge in [0.15, 0.2) is 5.65 Å². The average Bonchev–Trinajstić information content (AvgIpc) is 3.39. The number of halogens is 3. The molecule has 1 fully saturated rings. The van der Waals surface area contributed by atoms with Gasteiger partial charge >= 0.3 is 0 Å². The number of nitrogens with zero attached hydrogens (tertiary/aromatic N) is 4. The summed E-state index contributed by atoms with van der Waals surface area (Å²) < 4.78 is 13.2. The van der Waals surface area contributed by atoms with Crippen LogP contribution in [0.25, 0.3) is 28.6 Å². The summed E-state index contributed by atoms with van der Waals surface area (Å²) in [6.45, 7) is 1.95. The van der Waals surface area contributed by atoms with Crippen LogP contribution in [0, 0.1) is 6.92 Å². The fourth-order valence-corrected chi connectivity index (χ4v) is 4.49. The molecule has 1 saturated carbocycles. The first kappa shape index (κ1) is 21.2. The van der Waals surface area contributed by atoms with Gasteiger partial charge in [0.05, 0.1) is 21.2 Å². The molecule has 0 radical (unpaired) electrons. The van der Waals surface area contributed by atoms with Crippen LogP contribution >= 0.6 is 34.8 Å². The summed E-state index contributed by atoms with van der Waals surface area (Å²) in [5, 5.41) is 5.32. The number of carbonyl (C=O) groups excluding carboxylic acids is 1. The van der Waals surface area contributed by atoms with E-state index in [4.69, 9.17) is 44.1 Å². The molecule has 3 heterocycles. The molecule has 1 aliphatic rings. The Balaban J connectivity index is 1.42. The molecule has 4 aromatic rings. The van der Waals surface area contributed by atoms with Crippen LogP contribution < -0.4 is 4.74 Å². The number of ketones is 1. The summed E-state index contributed by atoms with van der Waals surface area (Å²) in [7, 11) is 0. The van der Waals surface area contributed by atoms with Gasteiger partial charge in [0.2, 0.25) is 5.82 Å². The van der Waals surface area contributed by atoms with E-state index in [1.165, 1.54) is 0 Å². The number of carbonyl (C=O) groups is 1. The molecule has 0 N–H and O–H groups in total. The van der Waals surface area contributed by atoms with Crippen LogP contribution in [0.5, 0.6) is 5.75 Å². The van der Waals surface area contributed by atoms with Crippen molar-refractivity contribution < 1.29 is 14.1 Å². The normalized spacial score (nSPS) is 14.9. The van der Waals surface area contributed by atoms with Gasteiger partial charge in [-0.3, -0.25) is 4.79 Å². The molecule has 0 aliphatic heterocycles. The third-order valence-electron chi connectivity index (χ3n) is 5.33. The molecule has 0 saturated heterocycles. The highest BCUT2D eigenvalue weighted by Crippen LogP contribution is 2.38. The van der Waals surface area contributed by atoms with Gasteiger partial charge in [-0.1, -0.05) is 40.0 Å². The largest absolute Gasteiger partial charge is 0.489 e. The molecular formula is C22H17Cl3N4O3. The lowest BCUT2D eigenvalue weighted by molar-refractivity contribution is -0.121. The molecule has 0 bridgehead atoms. The van der Waals surface area contributed by atoms with Crippen molar-refractivity contribution in [2.24, 2.45) is 0 Å². The monoisotopic (exact) mass is 490 g/mol. The van der Waals surface area contributed by atoms with Crippen molar-refractivity contribution in [3.63, 3.8) is 0 Å². The maximum Gasteiger partial charge on any atom is 0.278 e. The van der Waals surface area contributed by atoms with E-state index in [0.717, 1.165) is 5.56 Å². The number of aromatic nitrogens is 4. The van der Waals surface area contributed by atoms with E-state index >= 15 is 0 Å². The van der Waals surface area contributed by atoms with E-state index in [9.17, 15) is 4.79 Å². The highest BCUT2D eigenvalue weighted by atomic mass is 35.5. The number of benzene rings is 1. The molecule has 5 rings (SSSR count). The summed E-state index contributed by atoms with van der Waals surface area (Å²) in [5.74, 6) is 1.24. The molecule has 7 nitrogen and oxygen atoms in total. The quantitative estimate of drug-likeness (QED) is 0.337. The standard InChI is InChI=1S/C22H17Cl3N4O3/c1-11-6-17(25)21-26-18(10-29(21)9-11)22-27-20(28-32-22)14-7-16(24)19(8-15(14)23)31-13-4-2-12(30)3-5-13/h6-10,13H,2-5H2,1H3. The first-order valence-corrected chi connectivity index (χ1v) is 11.2. The molecule has 3 aromatic heterocycles. The molecule has 0 atom stereocenters. The number of Topliss-reactive ketones (excluding diaryl/α,β-unsaturated/α-hetero) is 1. The first-order chi connectivity index (χ1) is 15.4. The topological polar surface area (TPSA) is 82.5 Å². The van der Waals surface area contributed by atoms with Gasteiger partial charge in [-0.15, -0.1) is 0 Å². The molecule has 0 unspecified atom stereocenters. The van der Waals surface area contributed by atoms with Gasteiger partial charge in [0.1, 0.15) is 17.2 Å². The summed E-state index contributed by atoms with van der Waals surface area (Å²) in [4.78, 5) is 20.4. The summed E-state index contributed by atoms with van der Waals surface area (Å²) in [6.07, 6.45) is 6.00. The number of imidazole rings is 1. The number of aryl methyl sites for hydroxylation is 1. The Morgan fingerprint density at radius 2 is 1.81 bits per heavy atom. The third-order valence-corrected chi connectivity index (χ3v) is 6.22. The van der Waals surface area contributed by atoms with Crippen molar-refractivity contribution in [1.82, 2.24) is 19.5 Å². The van der Waals surface area contributed by atoms with Crippen LogP contribution in [0.15, 0.2) is 35.1 Å². The lowest BCUT2D eigenvalue weighted by Crippen LogP contribution is -2.24. The molecule has 1 aromatic carbocycles. The molecule has 32 heavy (non-hydrogen) atoms. The van der Waals surface area contributed by atoms with Gasteiger partial charge in [-0.25, -0.2) is 4.98 Å². The Hall–Kier alpha value is -2.61. The second kappa shape index (κ2) is 8.39. The number of pyridine rings is 1. The predicted octanol–water partition coefficient (Wildman–Crippen LogP) is 6.21. The first-order valence-electron chi connectivity index (χ1n) is 10.0. The fourth-order valence-electron chi connectivity index (χ4n) is 3.73. The minimum atomic E-state index is -0.0607. The number of fused-ring (bicyclic) bond motifs is 1. The second-order valence-electron chi connectivity index (χ2n) is 7.76. The number of ether oxygens (including phenoxy) is 1. The van der Waals surface area contributed by atoms with Crippen molar-refractivity contribution in [2.45, 2.75) is 38.7 Å². The highest BCUT2D eigenvalue weighted by molar-refractivity contribution is 6.36. The average molecular weight is 492 g/mol. The zero-order valence-electron chi connectivity index (χ0n) is 16.9. The van der Waals surface area contributed by atoms with Crippen molar-refractivity contribution in [2.75, 3.05) is 0 Å². The highest BCUT2D eigenvalue weighted by Gasteiger charge is 2.23. The van der Waals surface area contributed by atoms with Gasteiger partial charge in [0.25, 0.3) is 5.89 Å². The molecule has 164 valence electrons. The second-order valence-corrected chi connectivity index (χ2v) is 8.99. The van der Waals surface area contributed by atoms with Crippen LogP contribution in [-0.2, 0) is 4.79 Å². The minimum Gasteiger partial charge on any atom is -0.489 e. The smallest absolute Gasteiger partial charge is 0.278 e. The summed E-state index contributed by atoms with van der Waals surface area (Å²) in [5.41, 5.74) is 2.60. The van der Waals surface area contributed by atoms with Crippen molar-refractivity contribution in [3.8, 4) is 28.7 Å². The van der Waals surface area contributed by atoms with E-state index in [0.29, 0.717) is 63.4 Å². The van der Waals surface area contributed by atoms with Crippen LogP contribution in [0.1, 0.15) is 31.2 Å². The zero-order valence-corrected chi connectivity index (χ0v) is 19.2. The molecule has 0 spiro atoms. The van der Waals surface area contributed by atoms with Gasteiger partial charge in [-0.2, -0.15) is 4.98 Å². The number of rotatable bonds is 4. The molecular weight excluding hydrogens is 475 g/mol. The van der Waals surface area contributed by atoms with E-state index in [-0.39, 0.29) is 23.6 Å². The number of hydrogen-bond donors (Lipinski definition) is 0. The minimum absolute atomic E-state index is 0.0607. The fraction of sp³-hybridized carbons (Fsp3) is 0.273. The maximum absolute atomic E-state index is 11.4. The van der Waals surface area contributed by atoms with Crippen molar-refractivity contribution in [1.29, 1.82) is 0 Å². The Kier molecular flexibility index (Phi) is 5.57. The van der Waals surface area contributed by atoms with E-state index < -0.39 is 0 Å². The Bertz CT molecular complexity index is 1340. The van der Waals surface area contributed by atoms with Crippen molar-refractivity contribution in [3.05, 3.63) is 51.2 Å². The predicted molar refractivity (Wildman–Crippen MR) is 122 cm³/mol. The lowest BCUT2D eigenvalue weighted by Gasteiger charge is -2.23. The maximum atomic E-state index is 11.4. The SMILES string of the molecule is Cc1cc(Cl)c2nc(-c3nc(-c4cc(Cl)c(OC5CCC(=O)CC5)cc4Cl)no3)cn2c1. The van der Waals surface area contributed by atoms with E-state index in [1.54, 1.807) is 18.3 Å². The van der Waals surface area contributed by atoms with E-state index in [1.807, 2.05) is 23.6 Å². The molecule has 1 aliphatic carbocycles. The summed E-state index contributed by atoms with van der Waals surface area (Å²) >= 11 is 19.2. The van der Waals surface area contributed by atoms with Crippen LogP contribution in [0.2, 0.25) is 15.1 Å². The van der Waals surface area contributed by atoms with Gasteiger partial charge in [-0.05, 0) is 37.5 Å². The number of hydrogen-bond acceptors (Lipinski definition) is 6. The van der Waals surface area contributed by atoms with Gasteiger partial charge < -0.3 is 13.7 Å². The molecule has 0 amide bonds. The molecule has 10 heteroatoms. The Labute approximate surface area is 198 Å². The van der Waals surface area contributed by atoms with Crippen molar-refractivity contribution >= 4 is 46.2 Å². The van der Waals surface area contributed by atoms with E-state index in [2.05, 4.69) is 15.1 Å². The van der Waals surface area contributed by atoms with Crippen LogP contribution in [0.4, 0.5) is 0 Å².